The van der Waals surface area contributed by atoms with Gasteiger partial charge in [-0.3, -0.25) is 4.79 Å². The number of carbonyl (C=O) groups is 1. The van der Waals surface area contributed by atoms with Crippen LogP contribution in [-0.2, 0) is 24.8 Å². The molecule has 19 heavy (non-hydrogen) atoms. The Hall–Kier alpha value is -1.83. The highest BCUT2D eigenvalue weighted by Crippen LogP contribution is 2.20. The molecule has 0 saturated heterocycles. The fourth-order valence-corrected chi connectivity index (χ4v) is 2.39. The van der Waals surface area contributed by atoms with Gasteiger partial charge in [-0.2, -0.15) is 0 Å². The van der Waals surface area contributed by atoms with E-state index in [0.29, 0.717) is 11.7 Å². The molecule has 0 aromatic carbocycles. The lowest BCUT2D eigenvalue weighted by atomic mass is 10.3. The third kappa shape index (κ3) is 3.14. The summed E-state index contributed by atoms with van der Waals surface area (Å²) in [5.74, 6) is -0.0416. The molecule has 8 heteroatoms. The van der Waals surface area contributed by atoms with Crippen molar-refractivity contribution < 1.29 is 9.90 Å². The standard InChI is InChI=1S/C11H15N5O2S/c1-3-8-4-12-11(19-6-10(17)18)16(8)5-9-14-13-7-15(9)2/h4,7H,3,5-6H2,1-2H3,(H,17,18). The van der Waals surface area contributed by atoms with E-state index in [1.165, 1.54) is 11.8 Å². The Morgan fingerprint density at radius 1 is 1.53 bits per heavy atom. The molecule has 0 radical (unpaired) electrons. The van der Waals surface area contributed by atoms with Gasteiger partial charge in [-0.15, -0.1) is 10.2 Å². The lowest BCUT2D eigenvalue weighted by Gasteiger charge is -2.09. The van der Waals surface area contributed by atoms with E-state index in [-0.39, 0.29) is 5.75 Å². The highest BCUT2D eigenvalue weighted by molar-refractivity contribution is 7.99. The number of imidazole rings is 1. The van der Waals surface area contributed by atoms with Gasteiger partial charge in [0.1, 0.15) is 6.33 Å². The van der Waals surface area contributed by atoms with Crippen molar-refractivity contribution in [2.45, 2.75) is 25.0 Å². The van der Waals surface area contributed by atoms with Crippen LogP contribution in [0.25, 0.3) is 0 Å². The van der Waals surface area contributed by atoms with Gasteiger partial charge in [0.25, 0.3) is 0 Å². The van der Waals surface area contributed by atoms with Gasteiger partial charge in [-0.1, -0.05) is 18.7 Å². The topological polar surface area (TPSA) is 85.8 Å². The minimum absolute atomic E-state index is 0.00101. The molecular weight excluding hydrogens is 266 g/mol. The molecule has 2 aromatic rings. The number of nitrogens with zero attached hydrogens (tertiary/aromatic N) is 5. The van der Waals surface area contributed by atoms with Gasteiger partial charge in [0.2, 0.25) is 0 Å². The smallest absolute Gasteiger partial charge is 0.313 e. The fraction of sp³-hybridized carbons (Fsp3) is 0.455. The van der Waals surface area contributed by atoms with Crippen molar-refractivity contribution in [3.8, 4) is 0 Å². The molecule has 0 atom stereocenters. The zero-order valence-electron chi connectivity index (χ0n) is 10.8. The van der Waals surface area contributed by atoms with Gasteiger partial charge in [0, 0.05) is 18.9 Å². The second-order valence-electron chi connectivity index (χ2n) is 4.01. The molecule has 1 N–H and O–H groups in total. The molecule has 0 amide bonds. The normalized spacial score (nSPS) is 10.8. The number of hydrogen-bond acceptors (Lipinski definition) is 5. The summed E-state index contributed by atoms with van der Waals surface area (Å²) in [5, 5.41) is 17.3. The molecule has 102 valence electrons. The number of carboxylic acids is 1. The first-order chi connectivity index (χ1) is 9.11. The van der Waals surface area contributed by atoms with E-state index in [0.717, 1.165) is 17.9 Å². The van der Waals surface area contributed by atoms with Crippen molar-refractivity contribution in [2.75, 3.05) is 5.75 Å². The maximum Gasteiger partial charge on any atom is 0.313 e. The predicted molar refractivity (Wildman–Crippen MR) is 70.1 cm³/mol. The SMILES string of the molecule is CCc1cnc(SCC(=O)O)n1Cc1nncn1C. The molecule has 0 bridgehead atoms. The molecule has 7 nitrogen and oxygen atoms in total. The lowest BCUT2D eigenvalue weighted by Crippen LogP contribution is -2.10. The molecule has 0 fully saturated rings. The van der Waals surface area contributed by atoms with Gasteiger partial charge in [0.05, 0.1) is 12.3 Å². The number of aryl methyl sites for hydroxylation is 2. The molecule has 0 aliphatic carbocycles. The number of hydrogen-bond donors (Lipinski definition) is 1. The number of aromatic nitrogens is 5. The van der Waals surface area contributed by atoms with Crippen LogP contribution in [0.2, 0.25) is 0 Å². The van der Waals surface area contributed by atoms with Crippen molar-refractivity contribution in [2.24, 2.45) is 7.05 Å². The summed E-state index contributed by atoms with van der Waals surface area (Å²) < 4.78 is 3.82. The fourth-order valence-electron chi connectivity index (χ4n) is 1.68. The summed E-state index contributed by atoms with van der Waals surface area (Å²) in [6.45, 7) is 2.58. The molecule has 0 saturated carbocycles. The quantitative estimate of drug-likeness (QED) is 0.788. The van der Waals surface area contributed by atoms with E-state index in [4.69, 9.17) is 5.11 Å². The Morgan fingerprint density at radius 2 is 2.32 bits per heavy atom. The Morgan fingerprint density at radius 3 is 2.89 bits per heavy atom. The van der Waals surface area contributed by atoms with E-state index in [1.54, 1.807) is 12.5 Å². The highest BCUT2D eigenvalue weighted by Gasteiger charge is 2.13. The molecule has 0 unspecified atom stereocenters. The Bertz CT molecular complexity index is 577. The van der Waals surface area contributed by atoms with Gasteiger partial charge < -0.3 is 14.2 Å². The second kappa shape index (κ2) is 5.87. The number of carboxylic acid groups (broad SMARTS) is 1. The Kier molecular flexibility index (Phi) is 4.20. The first kappa shape index (κ1) is 13.6. The van der Waals surface area contributed by atoms with E-state index in [1.807, 2.05) is 23.1 Å². The van der Waals surface area contributed by atoms with Crippen LogP contribution in [-0.4, -0.2) is 41.1 Å². The summed E-state index contributed by atoms with van der Waals surface area (Å²) in [6, 6.07) is 0. The average molecular weight is 281 g/mol. The maximum absolute atomic E-state index is 10.6. The monoisotopic (exact) mass is 281 g/mol. The maximum atomic E-state index is 10.6. The van der Waals surface area contributed by atoms with Crippen LogP contribution in [0.4, 0.5) is 0 Å². The zero-order chi connectivity index (χ0) is 13.8. The Balaban J connectivity index is 2.23. The van der Waals surface area contributed by atoms with Crippen LogP contribution in [0.1, 0.15) is 18.4 Å². The second-order valence-corrected chi connectivity index (χ2v) is 4.95. The third-order valence-electron chi connectivity index (χ3n) is 2.69. The third-order valence-corrected chi connectivity index (χ3v) is 3.67. The van der Waals surface area contributed by atoms with E-state index < -0.39 is 5.97 Å². The summed E-state index contributed by atoms with van der Waals surface area (Å²) in [7, 11) is 1.88. The average Bonchev–Trinajstić information content (AvgIpc) is 2.95. The van der Waals surface area contributed by atoms with Crippen LogP contribution in [0.3, 0.4) is 0 Å². The first-order valence-electron chi connectivity index (χ1n) is 5.83. The van der Waals surface area contributed by atoms with Gasteiger partial charge in [-0.25, -0.2) is 4.98 Å². The number of thioether (sulfide) groups is 1. The van der Waals surface area contributed by atoms with Gasteiger partial charge in [0.15, 0.2) is 11.0 Å². The molecule has 0 spiro atoms. The minimum atomic E-state index is -0.851. The number of aliphatic carboxylic acids is 1. The minimum Gasteiger partial charge on any atom is -0.481 e. The van der Waals surface area contributed by atoms with Crippen LogP contribution >= 0.6 is 11.8 Å². The predicted octanol–water partition coefficient (Wildman–Crippen LogP) is 0.799. The van der Waals surface area contributed by atoms with E-state index >= 15 is 0 Å². The van der Waals surface area contributed by atoms with Crippen LogP contribution in [0.5, 0.6) is 0 Å². The van der Waals surface area contributed by atoms with E-state index in [2.05, 4.69) is 15.2 Å². The van der Waals surface area contributed by atoms with Gasteiger partial charge >= 0.3 is 5.97 Å². The molecule has 0 aliphatic rings. The summed E-state index contributed by atoms with van der Waals surface area (Å²) in [5.41, 5.74) is 1.05. The zero-order valence-corrected chi connectivity index (χ0v) is 11.6. The van der Waals surface area contributed by atoms with Crippen molar-refractivity contribution in [3.05, 3.63) is 24.0 Å². The van der Waals surface area contributed by atoms with Crippen molar-refractivity contribution in [3.63, 3.8) is 0 Å². The first-order valence-corrected chi connectivity index (χ1v) is 6.82. The highest BCUT2D eigenvalue weighted by atomic mass is 32.2. The summed E-state index contributed by atoms with van der Waals surface area (Å²) in [6.07, 6.45) is 4.25. The van der Waals surface area contributed by atoms with Gasteiger partial charge in [-0.05, 0) is 6.42 Å². The summed E-state index contributed by atoms with van der Waals surface area (Å²) in [4.78, 5) is 14.9. The Labute approximate surface area is 114 Å². The van der Waals surface area contributed by atoms with Crippen LogP contribution in [0.15, 0.2) is 17.7 Å². The molecule has 2 rings (SSSR count). The largest absolute Gasteiger partial charge is 0.481 e. The molecule has 2 heterocycles. The molecular formula is C11H15N5O2S. The van der Waals surface area contributed by atoms with Crippen LogP contribution in [0, 0.1) is 0 Å². The number of rotatable bonds is 6. The summed E-state index contributed by atoms with van der Waals surface area (Å²) >= 11 is 1.21. The van der Waals surface area contributed by atoms with E-state index in [9.17, 15) is 4.79 Å². The molecule has 2 aromatic heterocycles. The van der Waals surface area contributed by atoms with Crippen LogP contribution < -0.4 is 0 Å². The van der Waals surface area contributed by atoms with Crippen molar-refractivity contribution in [1.29, 1.82) is 0 Å². The molecule has 0 aliphatic heterocycles. The lowest BCUT2D eigenvalue weighted by molar-refractivity contribution is -0.133. The van der Waals surface area contributed by atoms with Crippen molar-refractivity contribution in [1.82, 2.24) is 24.3 Å². The van der Waals surface area contributed by atoms with Crippen molar-refractivity contribution >= 4 is 17.7 Å².